The van der Waals surface area contributed by atoms with Crippen LogP contribution in [0.2, 0.25) is 0 Å². The number of alkyl halides is 3. The first kappa shape index (κ1) is 20.5. The van der Waals surface area contributed by atoms with Crippen LogP contribution in [0.25, 0.3) is 10.9 Å². The molecule has 1 aliphatic rings. The molecule has 8 heteroatoms. The number of para-hydroxylation sites is 1. The van der Waals surface area contributed by atoms with Crippen LogP contribution in [-0.2, 0) is 12.8 Å². The van der Waals surface area contributed by atoms with Crippen molar-refractivity contribution in [1.29, 1.82) is 0 Å². The van der Waals surface area contributed by atoms with E-state index in [1.165, 1.54) is 26.9 Å². The number of aromatic nitrogens is 1. The maximum absolute atomic E-state index is 12.5. The van der Waals surface area contributed by atoms with Gasteiger partial charge in [0, 0.05) is 49.8 Å². The van der Waals surface area contributed by atoms with Gasteiger partial charge in [-0.3, -0.25) is 9.89 Å². The Kier molecular flexibility index (Phi) is 6.49. The number of aromatic amines is 1. The Bertz CT molecular complexity index is 812. The number of H-pyrrole nitrogens is 1. The Labute approximate surface area is 163 Å². The largest absolute Gasteiger partial charge is 0.401 e. The van der Waals surface area contributed by atoms with Crippen LogP contribution in [0, 0.1) is 0 Å². The van der Waals surface area contributed by atoms with E-state index < -0.39 is 12.7 Å². The van der Waals surface area contributed by atoms with Gasteiger partial charge in [-0.25, -0.2) is 0 Å². The van der Waals surface area contributed by atoms with Gasteiger partial charge >= 0.3 is 6.18 Å². The van der Waals surface area contributed by atoms with E-state index in [2.05, 4.69) is 45.7 Å². The van der Waals surface area contributed by atoms with Gasteiger partial charge in [-0.2, -0.15) is 13.2 Å². The number of hydrogen-bond acceptors (Lipinski definition) is 2. The molecular formula is C20H28F3N5. The van der Waals surface area contributed by atoms with Gasteiger partial charge in [0.25, 0.3) is 0 Å². The van der Waals surface area contributed by atoms with E-state index >= 15 is 0 Å². The van der Waals surface area contributed by atoms with Crippen molar-refractivity contribution >= 4 is 16.9 Å². The first-order valence-electron chi connectivity index (χ1n) is 9.73. The van der Waals surface area contributed by atoms with Crippen LogP contribution in [0.5, 0.6) is 0 Å². The van der Waals surface area contributed by atoms with Crippen molar-refractivity contribution in [1.82, 2.24) is 20.5 Å². The maximum atomic E-state index is 12.5. The summed E-state index contributed by atoms with van der Waals surface area (Å²) >= 11 is 0. The summed E-state index contributed by atoms with van der Waals surface area (Å²) in [5.74, 6) is 0.632. The first-order valence-corrected chi connectivity index (χ1v) is 9.73. The minimum absolute atomic E-state index is 0.0197. The second-order valence-electron chi connectivity index (χ2n) is 7.24. The number of aryl methyl sites for hydroxylation is 1. The van der Waals surface area contributed by atoms with Crippen molar-refractivity contribution in [3.63, 3.8) is 0 Å². The lowest BCUT2D eigenvalue weighted by molar-refractivity contribution is -0.143. The Morgan fingerprint density at radius 3 is 2.86 bits per heavy atom. The standard InChI is InChI=1S/C20H28F3N5/c1-3-14-5-4-6-17-15(11-26-18(14)17)7-9-25-19(24-2)27-16-8-10-28(12-16)13-20(21,22)23/h4-6,11,16,26H,3,7-10,12-13H2,1-2H3,(H2,24,25,27). The van der Waals surface area contributed by atoms with Gasteiger partial charge in [0.15, 0.2) is 5.96 Å². The molecule has 5 nitrogen and oxygen atoms in total. The summed E-state index contributed by atoms with van der Waals surface area (Å²) in [6.45, 7) is 2.82. The second-order valence-corrected chi connectivity index (χ2v) is 7.24. The third-order valence-corrected chi connectivity index (χ3v) is 5.19. The van der Waals surface area contributed by atoms with Gasteiger partial charge in [-0.1, -0.05) is 25.1 Å². The van der Waals surface area contributed by atoms with E-state index in [0.29, 0.717) is 32.0 Å². The van der Waals surface area contributed by atoms with Gasteiger partial charge in [-0.05, 0) is 30.4 Å². The minimum atomic E-state index is -4.15. The van der Waals surface area contributed by atoms with Crippen molar-refractivity contribution in [2.24, 2.45) is 4.99 Å². The molecule has 3 N–H and O–H groups in total. The number of hydrogen-bond donors (Lipinski definition) is 3. The minimum Gasteiger partial charge on any atom is -0.361 e. The number of fused-ring (bicyclic) bond motifs is 1. The van der Waals surface area contributed by atoms with Gasteiger partial charge in [0.2, 0.25) is 0 Å². The number of nitrogens with one attached hydrogen (secondary N) is 3. The lowest BCUT2D eigenvalue weighted by Gasteiger charge is -2.19. The molecule has 0 aliphatic carbocycles. The SMILES string of the molecule is CCc1cccc2c(CCNC(=NC)NC3CCN(CC(F)(F)F)C3)c[nH]c12. The zero-order chi connectivity index (χ0) is 20.1. The molecule has 1 saturated heterocycles. The summed E-state index contributed by atoms with van der Waals surface area (Å²) in [6, 6.07) is 6.32. The molecular weight excluding hydrogens is 367 g/mol. The molecule has 0 bridgehead atoms. The molecule has 1 fully saturated rings. The highest BCUT2D eigenvalue weighted by Crippen LogP contribution is 2.22. The van der Waals surface area contributed by atoms with Crippen molar-refractivity contribution in [3.8, 4) is 0 Å². The number of rotatable bonds is 6. The predicted octanol–water partition coefficient (Wildman–Crippen LogP) is 3.07. The fraction of sp³-hybridized carbons (Fsp3) is 0.550. The van der Waals surface area contributed by atoms with E-state index in [-0.39, 0.29) is 6.04 Å². The Morgan fingerprint density at radius 1 is 1.32 bits per heavy atom. The highest BCUT2D eigenvalue weighted by atomic mass is 19.4. The molecule has 1 unspecified atom stereocenters. The predicted molar refractivity (Wildman–Crippen MR) is 107 cm³/mol. The van der Waals surface area contributed by atoms with E-state index in [0.717, 1.165) is 12.8 Å². The van der Waals surface area contributed by atoms with Crippen molar-refractivity contribution in [3.05, 3.63) is 35.5 Å². The molecule has 154 valence electrons. The van der Waals surface area contributed by atoms with Gasteiger partial charge < -0.3 is 15.6 Å². The maximum Gasteiger partial charge on any atom is 0.401 e. The van der Waals surface area contributed by atoms with Gasteiger partial charge in [-0.15, -0.1) is 0 Å². The number of likely N-dealkylation sites (tertiary alicyclic amines) is 1. The first-order chi connectivity index (χ1) is 13.4. The normalized spacial score (nSPS) is 18.8. The summed E-state index contributed by atoms with van der Waals surface area (Å²) in [5, 5.41) is 7.75. The van der Waals surface area contributed by atoms with Crippen LogP contribution in [0.4, 0.5) is 13.2 Å². The Morgan fingerprint density at radius 2 is 2.14 bits per heavy atom. The van der Waals surface area contributed by atoms with Crippen LogP contribution >= 0.6 is 0 Å². The van der Waals surface area contributed by atoms with Crippen molar-refractivity contribution in [2.75, 3.05) is 33.2 Å². The zero-order valence-corrected chi connectivity index (χ0v) is 16.4. The highest BCUT2D eigenvalue weighted by molar-refractivity contribution is 5.86. The molecule has 2 heterocycles. The molecule has 28 heavy (non-hydrogen) atoms. The van der Waals surface area contributed by atoms with E-state index in [9.17, 15) is 13.2 Å². The molecule has 0 amide bonds. The summed E-state index contributed by atoms with van der Waals surface area (Å²) in [7, 11) is 1.68. The van der Waals surface area contributed by atoms with Crippen LogP contribution < -0.4 is 10.6 Å². The van der Waals surface area contributed by atoms with Crippen LogP contribution in [0.1, 0.15) is 24.5 Å². The lowest BCUT2D eigenvalue weighted by atomic mass is 10.1. The fourth-order valence-electron chi connectivity index (χ4n) is 3.83. The lowest BCUT2D eigenvalue weighted by Crippen LogP contribution is -2.45. The molecule has 1 aliphatic heterocycles. The molecule has 1 atom stereocenters. The fourth-order valence-corrected chi connectivity index (χ4v) is 3.83. The summed E-state index contributed by atoms with van der Waals surface area (Å²) in [5.41, 5.74) is 3.74. The van der Waals surface area contributed by atoms with Crippen LogP contribution in [0.3, 0.4) is 0 Å². The molecule has 1 aromatic heterocycles. The van der Waals surface area contributed by atoms with Crippen LogP contribution in [0.15, 0.2) is 29.4 Å². The molecule has 0 spiro atoms. The number of aliphatic imine (C=N–C) groups is 1. The smallest absolute Gasteiger partial charge is 0.361 e. The molecule has 1 aromatic carbocycles. The third-order valence-electron chi connectivity index (χ3n) is 5.19. The van der Waals surface area contributed by atoms with Crippen LogP contribution in [-0.4, -0.2) is 61.3 Å². The van der Waals surface area contributed by atoms with E-state index in [1.54, 1.807) is 7.05 Å². The number of guanidine groups is 1. The zero-order valence-electron chi connectivity index (χ0n) is 16.4. The third kappa shape index (κ3) is 5.19. The van der Waals surface area contributed by atoms with E-state index in [1.807, 2.05) is 6.20 Å². The Hall–Kier alpha value is -2.22. The monoisotopic (exact) mass is 395 g/mol. The average Bonchev–Trinajstić information content (AvgIpc) is 3.26. The summed E-state index contributed by atoms with van der Waals surface area (Å²) in [6.07, 6.45) is 0.399. The highest BCUT2D eigenvalue weighted by Gasteiger charge is 2.34. The quantitative estimate of drug-likeness (QED) is 0.521. The van der Waals surface area contributed by atoms with Gasteiger partial charge in [0.05, 0.1) is 6.54 Å². The Balaban J connectivity index is 1.49. The number of halogens is 3. The molecule has 0 saturated carbocycles. The van der Waals surface area contributed by atoms with Gasteiger partial charge in [0.1, 0.15) is 0 Å². The topological polar surface area (TPSA) is 55.5 Å². The van der Waals surface area contributed by atoms with E-state index in [4.69, 9.17) is 0 Å². The molecule has 3 rings (SSSR count). The molecule has 0 radical (unpaired) electrons. The summed E-state index contributed by atoms with van der Waals surface area (Å²) < 4.78 is 37.6. The molecule has 2 aromatic rings. The average molecular weight is 395 g/mol. The number of nitrogens with zero attached hydrogens (tertiary/aromatic N) is 2. The number of benzene rings is 1. The van der Waals surface area contributed by atoms with Crippen molar-refractivity contribution < 1.29 is 13.2 Å². The second kappa shape index (κ2) is 8.86. The summed E-state index contributed by atoms with van der Waals surface area (Å²) in [4.78, 5) is 9.01. The van der Waals surface area contributed by atoms with Crippen molar-refractivity contribution in [2.45, 2.75) is 38.4 Å².